The normalized spacial score (nSPS) is 11.5. The number of aromatic nitrogens is 4. The van der Waals surface area contributed by atoms with E-state index < -0.39 is 21.7 Å². The molecule has 0 aliphatic heterocycles. The Morgan fingerprint density at radius 3 is 2.48 bits per heavy atom. The number of rotatable bonds is 6. The molecule has 0 aliphatic carbocycles. The molecule has 2 N–H and O–H groups in total. The van der Waals surface area contributed by atoms with Gasteiger partial charge in [-0.3, -0.25) is 14.3 Å². The fourth-order valence-corrected chi connectivity index (χ4v) is 4.36. The third-order valence-electron chi connectivity index (χ3n) is 4.20. The molecule has 0 saturated heterocycles. The van der Waals surface area contributed by atoms with Crippen molar-refractivity contribution in [2.45, 2.75) is 0 Å². The Kier molecular flexibility index (Phi) is 5.78. The van der Waals surface area contributed by atoms with Crippen LogP contribution >= 0.6 is 23.2 Å². The van der Waals surface area contributed by atoms with Crippen LogP contribution in [0.25, 0.3) is 11.0 Å². The van der Waals surface area contributed by atoms with Crippen molar-refractivity contribution in [1.82, 2.24) is 19.1 Å². The molecule has 4 rings (SSSR count). The lowest BCUT2D eigenvalue weighted by atomic mass is 10.2. The van der Waals surface area contributed by atoms with Gasteiger partial charge in [-0.15, -0.1) is 0 Å². The molecule has 2 aromatic heterocycles. The summed E-state index contributed by atoms with van der Waals surface area (Å²) in [6.45, 7) is 0. The number of imidazole rings is 1. The molecule has 0 bridgehead atoms. The third kappa shape index (κ3) is 4.51. The van der Waals surface area contributed by atoms with Crippen molar-refractivity contribution in [3.8, 4) is 17.5 Å². The maximum Gasteiger partial charge on any atom is 0.439 e. The van der Waals surface area contributed by atoms with Crippen LogP contribution in [0.2, 0.25) is 10.0 Å². The lowest BCUT2D eigenvalue weighted by Crippen LogP contribution is -2.14. The molecule has 0 fully saturated rings. The summed E-state index contributed by atoms with van der Waals surface area (Å²) >= 11 is 12.6. The van der Waals surface area contributed by atoms with Crippen LogP contribution < -0.4 is 20.5 Å². The summed E-state index contributed by atoms with van der Waals surface area (Å²) in [4.78, 5) is 29.3. The molecule has 4 aromatic rings. The zero-order chi connectivity index (χ0) is 23.9. The predicted octanol–water partition coefficient (Wildman–Crippen LogP) is 2.88. The lowest BCUT2D eigenvalue weighted by Gasteiger charge is -2.12. The van der Waals surface area contributed by atoms with Gasteiger partial charge in [0, 0.05) is 11.8 Å². The van der Waals surface area contributed by atoms with Crippen molar-refractivity contribution in [2.24, 2.45) is 0 Å². The smallest absolute Gasteiger partial charge is 0.439 e. The fraction of sp³-hybridized carbons (Fsp3) is 0.111. The SMILES string of the molecule is COc1nc2ccc(Oc3c(Cl)cc(NC(=O)c4noc(=O)[nH]4)cc3Cl)cc2n1S(C)(=O)=O. The van der Waals surface area contributed by atoms with Crippen molar-refractivity contribution in [3.63, 3.8) is 0 Å². The van der Waals surface area contributed by atoms with E-state index in [9.17, 15) is 18.0 Å². The number of anilines is 1. The summed E-state index contributed by atoms with van der Waals surface area (Å²) in [5.41, 5.74) is 0.789. The molecule has 15 heteroatoms. The lowest BCUT2D eigenvalue weighted by molar-refractivity contribution is 0.101. The van der Waals surface area contributed by atoms with Crippen LogP contribution in [0.1, 0.15) is 10.6 Å². The van der Waals surface area contributed by atoms with E-state index >= 15 is 0 Å². The minimum Gasteiger partial charge on any atom is -0.467 e. The van der Waals surface area contributed by atoms with Crippen LogP contribution in [0.15, 0.2) is 39.6 Å². The highest BCUT2D eigenvalue weighted by Crippen LogP contribution is 2.39. The molecule has 0 unspecified atom stereocenters. The summed E-state index contributed by atoms with van der Waals surface area (Å²) in [6.07, 6.45) is 1.01. The quantitative estimate of drug-likeness (QED) is 0.395. The Hall–Kier alpha value is -3.55. The van der Waals surface area contributed by atoms with Crippen LogP contribution in [0.5, 0.6) is 17.5 Å². The number of aromatic amines is 1. The Balaban J connectivity index is 1.65. The number of halogens is 2. The van der Waals surface area contributed by atoms with Crippen molar-refractivity contribution < 1.29 is 27.2 Å². The summed E-state index contributed by atoms with van der Waals surface area (Å²) in [6, 6.07) is 7.15. The standard InChI is InChI=1S/C18H13Cl2N5O7S/c1-30-17-22-12-4-3-9(7-13(12)25(17)33(2,28)29)31-14-10(19)5-8(6-11(14)20)21-16(26)15-23-18(27)32-24-15/h3-7H,1-2H3,(H,21,26)(H,23,24,27). The second kappa shape index (κ2) is 8.42. The third-order valence-corrected chi connectivity index (χ3v) is 5.78. The molecule has 0 spiro atoms. The molecule has 2 aromatic carbocycles. The van der Waals surface area contributed by atoms with Gasteiger partial charge >= 0.3 is 11.8 Å². The Morgan fingerprint density at radius 1 is 1.21 bits per heavy atom. The van der Waals surface area contributed by atoms with E-state index in [1.807, 2.05) is 0 Å². The van der Waals surface area contributed by atoms with Crippen molar-refractivity contribution in [1.29, 1.82) is 0 Å². The summed E-state index contributed by atoms with van der Waals surface area (Å²) < 4.78 is 40.4. The van der Waals surface area contributed by atoms with Gasteiger partial charge in [-0.2, -0.15) is 8.96 Å². The first-order chi connectivity index (χ1) is 15.6. The number of amides is 1. The molecule has 33 heavy (non-hydrogen) atoms. The van der Waals surface area contributed by atoms with Gasteiger partial charge in [0.05, 0.1) is 34.4 Å². The van der Waals surface area contributed by atoms with Crippen molar-refractivity contribution >= 4 is 55.9 Å². The molecule has 0 atom stereocenters. The highest BCUT2D eigenvalue weighted by Gasteiger charge is 2.21. The Labute approximate surface area is 195 Å². The van der Waals surface area contributed by atoms with E-state index in [1.54, 1.807) is 12.1 Å². The number of H-pyrrole nitrogens is 1. The summed E-state index contributed by atoms with van der Waals surface area (Å²) in [7, 11) is -2.42. The van der Waals surface area contributed by atoms with Gasteiger partial charge in [-0.1, -0.05) is 23.2 Å². The number of fused-ring (bicyclic) bond motifs is 1. The van der Waals surface area contributed by atoms with Crippen LogP contribution in [-0.4, -0.2) is 46.8 Å². The average Bonchev–Trinajstić information content (AvgIpc) is 3.33. The monoisotopic (exact) mass is 513 g/mol. The zero-order valence-corrected chi connectivity index (χ0v) is 19.1. The number of hydrogen-bond acceptors (Lipinski definition) is 9. The average molecular weight is 514 g/mol. The van der Waals surface area contributed by atoms with E-state index in [2.05, 4.69) is 25.0 Å². The van der Waals surface area contributed by atoms with E-state index in [0.29, 0.717) is 5.52 Å². The molecular formula is C18H13Cl2N5O7S. The number of ether oxygens (including phenoxy) is 2. The van der Waals surface area contributed by atoms with Crippen LogP contribution in [0, 0.1) is 0 Å². The van der Waals surface area contributed by atoms with Gasteiger partial charge in [-0.05, 0) is 29.4 Å². The van der Waals surface area contributed by atoms with E-state index in [4.69, 9.17) is 32.7 Å². The number of nitrogens with zero attached hydrogens (tertiary/aromatic N) is 3. The topological polar surface area (TPSA) is 158 Å². The first kappa shape index (κ1) is 22.6. The molecule has 1 amide bonds. The van der Waals surface area contributed by atoms with Crippen LogP contribution in [0.4, 0.5) is 5.69 Å². The molecule has 0 saturated carbocycles. The van der Waals surface area contributed by atoms with Crippen molar-refractivity contribution in [3.05, 3.63) is 56.8 Å². The zero-order valence-electron chi connectivity index (χ0n) is 16.8. The number of methoxy groups -OCH3 is 1. The van der Waals surface area contributed by atoms with E-state index in [1.165, 1.54) is 25.3 Å². The van der Waals surface area contributed by atoms with E-state index in [0.717, 1.165) is 10.2 Å². The largest absolute Gasteiger partial charge is 0.467 e. The van der Waals surface area contributed by atoms with Gasteiger partial charge in [-0.25, -0.2) is 13.2 Å². The first-order valence-corrected chi connectivity index (χ1v) is 11.5. The number of benzene rings is 2. The van der Waals surface area contributed by atoms with Gasteiger partial charge in [0.15, 0.2) is 5.75 Å². The Bertz CT molecular complexity index is 1530. The molecule has 0 aliphatic rings. The van der Waals surface area contributed by atoms with Gasteiger partial charge in [0.2, 0.25) is 15.8 Å². The molecule has 12 nitrogen and oxygen atoms in total. The second-order valence-electron chi connectivity index (χ2n) is 6.55. The fourth-order valence-electron chi connectivity index (χ4n) is 2.89. The number of carbonyl (C=O) groups is 1. The Morgan fingerprint density at radius 2 is 1.91 bits per heavy atom. The molecule has 0 radical (unpaired) electrons. The first-order valence-electron chi connectivity index (χ1n) is 8.88. The minimum atomic E-state index is -3.73. The van der Waals surface area contributed by atoms with Crippen LogP contribution in [-0.2, 0) is 10.0 Å². The highest BCUT2D eigenvalue weighted by molar-refractivity contribution is 7.89. The van der Waals surface area contributed by atoms with E-state index in [-0.39, 0.29) is 44.6 Å². The maximum absolute atomic E-state index is 12.2. The number of hydrogen-bond donors (Lipinski definition) is 2. The summed E-state index contributed by atoms with van der Waals surface area (Å²) in [5.74, 6) is -1.70. The van der Waals surface area contributed by atoms with Gasteiger partial charge in [0.25, 0.3) is 5.91 Å². The van der Waals surface area contributed by atoms with Crippen molar-refractivity contribution in [2.75, 3.05) is 18.7 Å². The predicted molar refractivity (Wildman–Crippen MR) is 118 cm³/mol. The molecular weight excluding hydrogens is 501 g/mol. The second-order valence-corrected chi connectivity index (χ2v) is 9.19. The van der Waals surface area contributed by atoms with Gasteiger partial charge in [0.1, 0.15) is 5.75 Å². The molecule has 172 valence electrons. The minimum absolute atomic E-state index is 0.0424. The highest BCUT2D eigenvalue weighted by atomic mass is 35.5. The number of nitrogens with one attached hydrogen (secondary N) is 2. The maximum atomic E-state index is 12.2. The molecule has 2 heterocycles. The van der Waals surface area contributed by atoms with Crippen LogP contribution in [0.3, 0.4) is 0 Å². The summed E-state index contributed by atoms with van der Waals surface area (Å²) in [5, 5.41) is 5.82. The number of carbonyl (C=O) groups excluding carboxylic acids is 1. The van der Waals surface area contributed by atoms with Gasteiger partial charge < -0.3 is 14.8 Å².